The molecule has 0 spiro atoms. The largest absolute Gasteiger partial charge is 0.496 e. The third-order valence-electron chi connectivity index (χ3n) is 5.04. The molecule has 2 aliphatic heterocycles. The van der Waals surface area contributed by atoms with Gasteiger partial charge in [-0.25, -0.2) is 4.98 Å². The summed E-state index contributed by atoms with van der Waals surface area (Å²) in [6, 6.07) is 4.10. The van der Waals surface area contributed by atoms with Crippen molar-refractivity contribution in [2.24, 2.45) is 0 Å². The molecule has 0 N–H and O–H groups in total. The van der Waals surface area contributed by atoms with Gasteiger partial charge in [-0.1, -0.05) is 6.07 Å². The first-order valence-electron chi connectivity index (χ1n) is 8.40. The highest BCUT2D eigenvalue weighted by atomic mass is 16.7. The summed E-state index contributed by atoms with van der Waals surface area (Å²) in [5.74, 6) is 0.979. The lowest BCUT2D eigenvalue weighted by atomic mass is 9.80. The molecule has 0 aliphatic carbocycles. The summed E-state index contributed by atoms with van der Waals surface area (Å²) in [6.07, 6.45) is 2.31. The summed E-state index contributed by atoms with van der Waals surface area (Å²) in [4.78, 5) is 6.89. The fraction of sp³-hybridized carbons (Fsp3) is 0.706. The minimum Gasteiger partial charge on any atom is -0.399 e. The van der Waals surface area contributed by atoms with Gasteiger partial charge in [0, 0.05) is 24.7 Å². The van der Waals surface area contributed by atoms with Crippen LogP contribution >= 0.6 is 0 Å². The normalized spacial score (nSPS) is 29.8. The van der Waals surface area contributed by atoms with Gasteiger partial charge in [0.2, 0.25) is 0 Å². The average molecular weight is 318 g/mol. The molecule has 0 unspecified atom stereocenters. The number of morpholine rings is 1. The SMILES string of the molecule is C[C@@H]1CN(c2ccc(B3OC(C)(C)C(C)(C)O3)cn2)C[C@H](C)O1. The number of ether oxygens (including phenoxy) is 1. The van der Waals surface area contributed by atoms with Crippen LogP contribution in [0.3, 0.4) is 0 Å². The van der Waals surface area contributed by atoms with Gasteiger partial charge in [0.15, 0.2) is 0 Å². The zero-order valence-electron chi connectivity index (χ0n) is 15.0. The van der Waals surface area contributed by atoms with Crippen molar-refractivity contribution in [1.29, 1.82) is 0 Å². The predicted molar refractivity (Wildman–Crippen MR) is 92.2 cm³/mol. The Balaban J connectivity index is 1.73. The van der Waals surface area contributed by atoms with Gasteiger partial charge >= 0.3 is 7.12 Å². The molecule has 23 heavy (non-hydrogen) atoms. The van der Waals surface area contributed by atoms with Crippen LogP contribution in [0.5, 0.6) is 0 Å². The maximum atomic E-state index is 6.07. The van der Waals surface area contributed by atoms with Gasteiger partial charge in [0.25, 0.3) is 0 Å². The molecule has 3 rings (SSSR count). The highest BCUT2D eigenvalue weighted by Gasteiger charge is 2.51. The molecule has 2 atom stereocenters. The van der Waals surface area contributed by atoms with Crippen LogP contribution in [0.15, 0.2) is 18.3 Å². The Bertz CT molecular complexity index is 535. The Hall–Kier alpha value is -1.11. The summed E-state index contributed by atoms with van der Waals surface area (Å²) < 4.78 is 17.9. The monoisotopic (exact) mass is 318 g/mol. The molecule has 6 heteroatoms. The number of nitrogens with zero attached hydrogens (tertiary/aromatic N) is 2. The van der Waals surface area contributed by atoms with E-state index in [4.69, 9.17) is 14.0 Å². The minimum atomic E-state index is -0.357. The smallest absolute Gasteiger partial charge is 0.399 e. The number of hydrogen-bond acceptors (Lipinski definition) is 5. The summed E-state index contributed by atoms with van der Waals surface area (Å²) in [5.41, 5.74) is 0.304. The van der Waals surface area contributed by atoms with Crippen LogP contribution in [0, 0.1) is 0 Å². The molecule has 0 radical (unpaired) electrons. The van der Waals surface area contributed by atoms with Crippen molar-refractivity contribution in [3.05, 3.63) is 18.3 Å². The van der Waals surface area contributed by atoms with Crippen molar-refractivity contribution in [2.45, 2.75) is 65.0 Å². The first-order chi connectivity index (χ1) is 10.7. The molecule has 2 fully saturated rings. The van der Waals surface area contributed by atoms with Gasteiger partial charge in [-0.15, -0.1) is 0 Å². The second-order valence-corrected chi connectivity index (χ2v) is 7.70. The third kappa shape index (κ3) is 3.25. The van der Waals surface area contributed by atoms with E-state index in [-0.39, 0.29) is 30.5 Å². The van der Waals surface area contributed by atoms with Gasteiger partial charge in [0.05, 0.1) is 23.4 Å². The standard InChI is InChI=1S/C17H27BN2O3/c1-12-10-20(11-13(2)21-12)15-8-7-14(9-19-15)18-22-16(3,4)17(5,6)23-18/h7-9,12-13H,10-11H2,1-6H3/t12-,13+. The zero-order chi connectivity index (χ0) is 16.8. The predicted octanol–water partition coefficient (Wildman–Crippen LogP) is 1.99. The van der Waals surface area contributed by atoms with Gasteiger partial charge in [-0.05, 0) is 47.6 Å². The van der Waals surface area contributed by atoms with E-state index in [9.17, 15) is 0 Å². The first kappa shape index (κ1) is 16.7. The van der Waals surface area contributed by atoms with Gasteiger partial charge < -0.3 is 18.9 Å². The maximum Gasteiger partial charge on any atom is 0.496 e. The van der Waals surface area contributed by atoms with Crippen molar-refractivity contribution < 1.29 is 14.0 Å². The van der Waals surface area contributed by atoms with Crippen LogP contribution in [0.25, 0.3) is 0 Å². The lowest BCUT2D eigenvalue weighted by Crippen LogP contribution is -2.46. The fourth-order valence-electron chi connectivity index (χ4n) is 3.07. The highest BCUT2D eigenvalue weighted by Crippen LogP contribution is 2.36. The topological polar surface area (TPSA) is 43.8 Å². The van der Waals surface area contributed by atoms with Crippen molar-refractivity contribution in [3.63, 3.8) is 0 Å². The minimum absolute atomic E-state index is 0.225. The van der Waals surface area contributed by atoms with E-state index >= 15 is 0 Å². The fourth-order valence-corrected chi connectivity index (χ4v) is 3.07. The molecule has 5 nitrogen and oxygen atoms in total. The molecule has 0 saturated carbocycles. The molecule has 126 valence electrons. The van der Waals surface area contributed by atoms with E-state index in [0.717, 1.165) is 24.4 Å². The van der Waals surface area contributed by atoms with Crippen LogP contribution in [0.4, 0.5) is 5.82 Å². The maximum absolute atomic E-state index is 6.07. The second kappa shape index (κ2) is 5.76. The van der Waals surface area contributed by atoms with Crippen molar-refractivity contribution in [2.75, 3.05) is 18.0 Å². The summed E-state index contributed by atoms with van der Waals surface area (Å²) in [7, 11) is -0.357. The van der Waals surface area contributed by atoms with Crippen LogP contribution in [0.1, 0.15) is 41.5 Å². The van der Waals surface area contributed by atoms with E-state index in [2.05, 4.69) is 57.5 Å². The van der Waals surface area contributed by atoms with Crippen LogP contribution in [0.2, 0.25) is 0 Å². The Morgan fingerprint density at radius 2 is 1.61 bits per heavy atom. The molecular formula is C17H27BN2O3. The molecular weight excluding hydrogens is 291 g/mol. The van der Waals surface area contributed by atoms with Crippen molar-refractivity contribution in [3.8, 4) is 0 Å². The van der Waals surface area contributed by atoms with Crippen molar-refractivity contribution >= 4 is 18.4 Å². The summed E-state index contributed by atoms with van der Waals surface area (Å²) in [5, 5.41) is 0. The quantitative estimate of drug-likeness (QED) is 0.780. The second-order valence-electron chi connectivity index (χ2n) is 7.70. The first-order valence-corrected chi connectivity index (χ1v) is 8.40. The molecule has 0 amide bonds. The Morgan fingerprint density at radius 3 is 2.09 bits per heavy atom. The number of anilines is 1. The number of pyridine rings is 1. The molecule has 2 aliphatic rings. The average Bonchev–Trinajstić information content (AvgIpc) is 2.66. The molecule has 1 aromatic rings. The molecule has 0 bridgehead atoms. The summed E-state index contributed by atoms with van der Waals surface area (Å²) in [6.45, 7) is 14.2. The molecule has 2 saturated heterocycles. The van der Waals surface area contributed by atoms with E-state index in [0.29, 0.717) is 0 Å². The van der Waals surface area contributed by atoms with Crippen LogP contribution in [-0.4, -0.2) is 48.6 Å². The Kier molecular flexibility index (Phi) is 4.19. The van der Waals surface area contributed by atoms with Crippen LogP contribution < -0.4 is 10.4 Å². The highest BCUT2D eigenvalue weighted by molar-refractivity contribution is 6.62. The van der Waals surface area contributed by atoms with E-state index in [1.54, 1.807) is 0 Å². The van der Waals surface area contributed by atoms with E-state index in [1.807, 2.05) is 12.3 Å². The van der Waals surface area contributed by atoms with Crippen molar-refractivity contribution in [1.82, 2.24) is 4.98 Å². The molecule has 0 aromatic carbocycles. The Morgan fingerprint density at radius 1 is 1.04 bits per heavy atom. The lowest BCUT2D eigenvalue weighted by Gasteiger charge is -2.36. The van der Waals surface area contributed by atoms with Gasteiger partial charge in [-0.3, -0.25) is 0 Å². The molecule has 3 heterocycles. The van der Waals surface area contributed by atoms with Gasteiger partial charge in [-0.2, -0.15) is 0 Å². The third-order valence-corrected chi connectivity index (χ3v) is 5.04. The zero-order valence-corrected chi connectivity index (χ0v) is 15.0. The van der Waals surface area contributed by atoms with Gasteiger partial charge in [0.1, 0.15) is 5.82 Å². The number of hydrogen-bond donors (Lipinski definition) is 0. The number of aromatic nitrogens is 1. The van der Waals surface area contributed by atoms with E-state index in [1.165, 1.54) is 0 Å². The lowest BCUT2D eigenvalue weighted by molar-refractivity contribution is -0.00545. The van der Waals surface area contributed by atoms with E-state index < -0.39 is 0 Å². The molecule has 1 aromatic heterocycles. The summed E-state index contributed by atoms with van der Waals surface area (Å²) >= 11 is 0. The Labute approximate surface area is 139 Å². The number of rotatable bonds is 2. The van der Waals surface area contributed by atoms with Crippen LogP contribution in [-0.2, 0) is 14.0 Å².